The van der Waals surface area contributed by atoms with Crippen molar-refractivity contribution in [3.63, 3.8) is 0 Å². The molecule has 1 heteroatoms. The number of hydrogen-bond donors (Lipinski definition) is 1. The van der Waals surface area contributed by atoms with E-state index < -0.39 is 0 Å². The Balaban J connectivity index is 1.40. The highest BCUT2D eigenvalue weighted by atomic mass is 14.9. The third-order valence-electron chi connectivity index (χ3n) is 6.20. The van der Waals surface area contributed by atoms with Crippen LogP contribution < -0.4 is 5.32 Å². The molecule has 4 aliphatic carbocycles. The molecule has 0 aliphatic heterocycles. The van der Waals surface area contributed by atoms with Crippen LogP contribution in [0.4, 0.5) is 0 Å². The first-order chi connectivity index (χ1) is 9.81. The smallest absolute Gasteiger partial charge is 0.0205 e. The van der Waals surface area contributed by atoms with Gasteiger partial charge in [0.1, 0.15) is 0 Å². The number of benzene rings is 1. The molecular weight excluding hydrogens is 242 g/mol. The van der Waals surface area contributed by atoms with Crippen molar-refractivity contribution in [3.8, 4) is 0 Å². The van der Waals surface area contributed by atoms with Crippen LogP contribution >= 0.6 is 0 Å². The van der Waals surface area contributed by atoms with Gasteiger partial charge in [-0.1, -0.05) is 30.3 Å². The molecule has 4 saturated carbocycles. The van der Waals surface area contributed by atoms with Crippen LogP contribution in [-0.2, 0) is 6.54 Å². The fourth-order valence-electron chi connectivity index (χ4n) is 5.60. The van der Waals surface area contributed by atoms with Gasteiger partial charge in [0.15, 0.2) is 0 Å². The third-order valence-corrected chi connectivity index (χ3v) is 6.20. The van der Waals surface area contributed by atoms with E-state index in [9.17, 15) is 0 Å². The predicted octanol–water partition coefficient (Wildman–Crippen LogP) is 4.38. The Labute approximate surface area is 123 Å². The van der Waals surface area contributed by atoms with Crippen molar-refractivity contribution in [2.75, 3.05) is 6.54 Å². The standard InChI is InChI=1S/C19H27N/c1-2-4-15(5-3-1)13-20-14-19-7-6-16-8-17(11-19)10-18(9-16)12-19/h1-5,16-18,20H,6-14H2/t16?,17-,18-,19?/m1/s1. The quantitative estimate of drug-likeness (QED) is 0.855. The molecule has 20 heavy (non-hydrogen) atoms. The van der Waals surface area contributed by atoms with Crippen LogP contribution in [0.3, 0.4) is 0 Å². The van der Waals surface area contributed by atoms with Crippen molar-refractivity contribution >= 4 is 0 Å². The third kappa shape index (κ3) is 2.53. The highest BCUT2D eigenvalue weighted by molar-refractivity contribution is 5.14. The van der Waals surface area contributed by atoms with Crippen molar-refractivity contribution in [1.29, 1.82) is 0 Å². The zero-order chi connectivity index (χ0) is 13.4. The molecular formula is C19H27N. The second-order valence-electron chi connectivity index (χ2n) is 7.84. The molecule has 0 amide bonds. The van der Waals surface area contributed by atoms with E-state index in [1.165, 1.54) is 37.8 Å². The maximum atomic E-state index is 3.78. The maximum absolute atomic E-state index is 3.78. The summed E-state index contributed by atoms with van der Waals surface area (Å²) < 4.78 is 0. The van der Waals surface area contributed by atoms with E-state index in [1.54, 1.807) is 19.3 Å². The van der Waals surface area contributed by atoms with E-state index in [-0.39, 0.29) is 0 Å². The fourth-order valence-corrected chi connectivity index (χ4v) is 5.60. The number of hydrogen-bond acceptors (Lipinski definition) is 1. The molecule has 0 saturated heterocycles. The topological polar surface area (TPSA) is 12.0 Å². The van der Waals surface area contributed by atoms with Gasteiger partial charge >= 0.3 is 0 Å². The predicted molar refractivity (Wildman–Crippen MR) is 83.4 cm³/mol. The van der Waals surface area contributed by atoms with E-state index in [4.69, 9.17) is 0 Å². The Morgan fingerprint density at radius 3 is 2.40 bits per heavy atom. The molecule has 2 atom stereocenters. The molecule has 0 unspecified atom stereocenters. The molecule has 0 aromatic heterocycles. The van der Waals surface area contributed by atoms with Gasteiger partial charge in [-0.15, -0.1) is 0 Å². The van der Waals surface area contributed by atoms with Crippen molar-refractivity contribution in [2.45, 2.75) is 51.5 Å². The molecule has 1 N–H and O–H groups in total. The lowest BCUT2D eigenvalue weighted by atomic mass is 9.61. The maximum Gasteiger partial charge on any atom is 0.0205 e. The van der Waals surface area contributed by atoms with Crippen LogP contribution in [0.25, 0.3) is 0 Å². The van der Waals surface area contributed by atoms with E-state index in [2.05, 4.69) is 35.6 Å². The van der Waals surface area contributed by atoms with Crippen molar-refractivity contribution in [2.24, 2.45) is 23.2 Å². The molecule has 108 valence electrons. The SMILES string of the molecule is c1ccc(CNCC23CCC4C[C@H](C[C@@H](C4)C2)C3)cc1. The van der Waals surface area contributed by atoms with Gasteiger partial charge < -0.3 is 5.32 Å². The minimum Gasteiger partial charge on any atom is -0.312 e. The fraction of sp³-hybridized carbons (Fsp3) is 0.684. The summed E-state index contributed by atoms with van der Waals surface area (Å²) in [5.74, 6) is 3.21. The lowest BCUT2D eigenvalue weighted by molar-refractivity contribution is 0.0656. The van der Waals surface area contributed by atoms with Crippen molar-refractivity contribution < 1.29 is 0 Å². The van der Waals surface area contributed by atoms with Crippen molar-refractivity contribution in [3.05, 3.63) is 35.9 Å². The van der Waals surface area contributed by atoms with Crippen LogP contribution in [0.1, 0.15) is 50.5 Å². The number of fused-ring (bicyclic) bond motifs is 1. The van der Waals surface area contributed by atoms with Gasteiger partial charge in [0.25, 0.3) is 0 Å². The van der Waals surface area contributed by atoms with E-state index >= 15 is 0 Å². The van der Waals surface area contributed by atoms with E-state index in [0.717, 1.165) is 24.3 Å². The molecule has 0 radical (unpaired) electrons. The molecule has 1 aromatic carbocycles. The number of rotatable bonds is 4. The van der Waals surface area contributed by atoms with E-state index in [1.807, 2.05) is 0 Å². The zero-order valence-corrected chi connectivity index (χ0v) is 12.5. The Morgan fingerprint density at radius 1 is 0.950 bits per heavy atom. The van der Waals surface area contributed by atoms with E-state index in [0.29, 0.717) is 5.41 Å². The highest BCUT2D eigenvalue weighted by Crippen LogP contribution is 2.56. The summed E-state index contributed by atoms with van der Waals surface area (Å²) in [5.41, 5.74) is 2.07. The molecule has 1 nitrogen and oxygen atoms in total. The summed E-state index contributed by atoms with van der Waals surface area (Å²) in [6, 6.07) is 10.9. The zero-order valence-electron chi connectivity index (χ0n) is 12.5. The van der Waals surface area contributed by atoms with Crippen LogP contribution in [0.5, 0.6) is 0 Å². The summed E-state index contributed by atoms with van der Waals surface area (Å²) in [7, 11) is 0. The highest BCUT2D eigenvalue weighted by Gasteiger charge is 2.47. The van der Waals surface area contributed by atoms with Crippen LogP contribution in [0.2, 0.25) is 0 Å². The summed E-state index contributed by atoms with van der Waals surface area (Å²) >= 11 is 0. The van der Waals surface area contributed by atoms with Gasteiger partial charge in [0.05, 0.1) is 0 Å². The summed E-state index contributed by atoms with van der Waals surface area (Å²) in [4.78, 5) is 0. The molecule has 0 heterocycles. The first-order valence-electron chi connectivity index (χ1n) is 8.56. The monoisotopic (exact) mass is 269 g/mol. The largest absolute Gasteiger partial charge is 0.312 e. The van der Waals surface area contributed by atoms with Gasteiger partial charge in [-0.05, 0) is 73.7 Å². The summed E-state index contributed by atoms with van der Waals surface area (Å²) in [5, 5.41) is 3.78. The van der Waals surface area contributed by atoms with Crippen LogP contribution in [0.15, 0.2) is 30.3 Å². The van der Waals surface area contributed by atoms with Gasteiger partial charge in [-0.3, -0.25) is 0 Å². The van der Waals surface area contributed by atoms with Crippen molar-refractivity contribution in [1.82, 2.24) is 5.32 Å². The van der Waals surface area contributed by atoms with Gasteiger partial charge in [-0.25, -0.2) is 0 Å². The normalized spacial score (nSPS) is 38.9. The lowest BCUT2D eigenvalue weighted by Gasteiger charge is -2.45. The average molecular weight is 269 g/mol. The lowest BCUT2D eigenvalue weighted by Crippen LogP contribution is -2.40. The average Bonchev–Trinajstić information content (AvgIpc) is 2.65. The Kier molecular flexibility index (Phi) is 3.34. The Bertz CT molecular complexity index is 438. The molecule has 5 rings (SSSR count). The Hall–Kier alpha value is -0.820. The minimum absolute atomic E-state index is 0.646. The van der Waals surface area contributed by atoms with Crippen LogP contribution in [0, 0.1) is 23.2 Å². The molecule has 0 spiro atoms. The summed E-state index contributed by atoms with van der Waals surface area (Å²) in [6.07, 6.45) is 10.7. The van der Waals surface area contributed by atoms with Gasteiger partial charge in [0, 0.05) is 13.1 Å². The first-order valence-corrected chi connectivity index (χ1v) is 8.56. The second kappa shape index (κ2) is 5.18. The van der Waals surface area contributed by atoms with Crippen LogP contribution in [-0.4, -0.2) is 6.54 Å². The minimum atomic E-state index is 0.646. The first kappa shape index (κ1) is 12.9. The molecule has 4 fully saturated rings. The summed E-state index contributed by atoms with van der Waals surface area (Å²) in [6.45, 7) is 2.29. The molecule has 4 bridgehead atoms. The molecule has 1 aromatic rings. The van der Waals surface area contributed by atoms with Gasteiger partial charge in [-0.2, -0.15) is 0 Å². The second-order valence-corrected chi connectivity index (χ2v) is 7.84. The number of nitrogens with one attached hydrogen (secondary N) is 1. The molecule has 4 aliphatic rings. The Morgan fingerprint density at radius 2 is 1.65 bits per heavy atom. The van der Waals surface area contributed by atoms with Gasteiger partial charge in [0.2, 0.25) is 0 Å².